The molecule has 0 bridgehead atoms. The van der Waals surface area contributed by atoms with E-state index in [0.29, 0.717) is 5.41 Å². The van der Waals surface area contributed by atoms with Crippen LogP contribution in [0.1, 0.15) is 45.1 Å². The quantitative estimate of drug-likeness (QED) is 0.672. The van der Waals surface area contributed by atoms with Crippen LogP contribution in [-0.2, 0) is 6.42 Å². The van der Waals surface area contributed by atoms with Gasteiger partial charge in [0.2, 0.25) is 0 Å². The summed E-state index contributed by atoms with van der Waals surface area (Å²) in [5, 5.41) is 10.4. The number of halogens is 2. The maximum absolute atomic E-state index is 9.62. The fraction of sp³-hybridized carbons (Fsp3) is 0.562. The summed E-state index contributed by atoms with van der Waals surface area (Å²) in [7, 11) is 0. The van der Waals surface area contributed by atoms with Gasteiger partial charge in [-0.2, -0.15) is 5.26 Å². The summed E-state index contributed by atoms with van der Waals surface area (Å²) in [6.45, 7) is 4.59. The summed E-state index contributed by atoms with van der Waals surface area (Å²) in [6.07, 6.45) is 4.96. The number of nitrogens with zero attached hydrogens (tertiary/aromatic N) is 1. The summed E-state index contributed by atoms with van der Waals surface area (Å²) in [4.78, 5) is 0. The van der Waals surface area contributed by atoms with Crippen LogP contribution < -0.4 is 0 Å². The second-order valence-electron chi connectivity index (χ2n) is 6.47. The van der Waals surface area contributed by atoms with Crippen molar-refractivity contribution < 1.29 is 0 Å². The minimum atomic E-state index is -0.229. The largest absolute Gasteiger partial charge is 0.198 e. The molecule has 0 unspecified atom stereocenters. The van der Waals surface area contributed by atoms with Crippen molar-refractivity contribution in [1.29, 1.82) is 5.26 Å². The molecule has 0 amide bonds. The number of nitriles is 1. The Labute approximate surface area is 129 Å². The van der Waals surface area contributed by atoms with Crippen molar-refractivity contribution in [3.8, 4) is 6.07 Å². The molecule has 1 nitrogen and oxygen atoms in total. The monoisotopic (exact) mass is 339 g/mol. The Bertz CT molecular complexity index is 506. The van der Waals surface area contributed by atoms with E-state index in [-0.39, 0.29) is 5.41 Å². The highest BCUT2D eigenvalue weighted by Gasteiger charge is 2.38. The van der Waals surface area contributed by atoms with Gasteiger partial charge >= 0.3 is 0 Å². The highest BCUT2D eigenvalue weighted by Crippen LogP contribution is 2.47. The van der Waals surface area contributed by atoms with E-state index in [1.54, 1.807) is 0 Å². The van der Waals surface area contributed by atoms with E-state index in [2.05, 4.69) is 35.8 Å². The summed E-state index contributed by atoms with van der Waals surface area (Å²) in [5.74, 6) is 0. The second-order valence-corrected chi connectivity index (χ2v) is 7.79. The lowest BCUT2D eigenvalue weighted by Crippen LogP contribution is -2.31. The molecule has 0 spiro atoms. The molecule has 1 aromatic carbocycles. The molecule has 1 fully saturated rings. The molecule has 0 saturated heterocycles. The fourth-order valence-electron chi connectivity index (χ4n) is 2.76. The molecule has 1 aromatic rings. The van der Waals surface area contributed by atoms with E-state index >= 15 is 0 Å². The van der Waals surface area contributed by atoms with Crippen LogP contribution in [0.5, 0.6) is 0 Å². The Morgan fingerprint density at radius 3 is 2.42 bits per heavy atom. The summed E-state index contributed by atoms with van der Waals surface area (Å²) in [6, 6.07) is 8.52. The third-order valence-corrected chi connectivity index (χ3v) is 5.19. The third kappa shape index (κ3) is 3.52. The lowest BCUT2D eigenvalue weighted by Gasteiger charge is -2.39. The standard InChI is InChI=1S/C16H19BrClN/c1-15(2)5-7-16(11-19,8-6-15)10-12-3-4-13(17)9-14(12)18/h3-4,9H,5-8,10H2,1-2H3. The van der Waals surface area contributed by atoms with Crippen LogP contribution in [0.2, 0.25) is 5.02 Å². The Morgan fingerprint density at radius 1 is 1.26 bits per heavy atom. The van der Waals surface area contributed by atoms with Gasteiger partial charge in [0.25, 0.3) is 0 Å². The van der Waals surface area contributed by atoms with Gasteiger partial charge < -0.3 is 0 Å². The van der Waals surface area contributed by atoms with Crippen molar-refractivity contribution in [2.75, 3.05) is 0 Å². The van der Waals surface area contributed by atoms with Gasteiger partial charge in [-0.1, -0.05) is 47.4 Å². The minimum absolute atomic E-state index is 0.229. The molecule has 1 aliphatic rings. The molecule has 0 aromatic heterocycles. The van der Waals surface area contributed by atoms with Crippen molar-refractivity contribution in [3.63, 3.8) is 0 Å². The van der Waals surface area contributed by atoms with Gasteiger partial charge in [-0.3, -0.25) is 0 Å². The third-order valence-electron chi connectivity index (χ3n) is 4.34. The SMILES string of the molecule is CC1(C)CCC(C#N)(Cc2ccc(Br)cc2Cl)CC1. The summed E-state index contributed by atoms with van der Waals surface area (Å²) >= 11 is 9.70. The summed E-state index contributed by atoms with van der Waals surface area (Å²) < 4.78 is 0.983. The molecule has 3 heteroatoms. The number of rotatable bonds is 2. The number of hydrogen-bond acceptors (Lipinski definition) is 1. The Balaban J connectivity index is 2.18. The van der Waals surface area contributed by atoms with E-state index in [0.717, 1.165) is 47.2 Å². The van der Waals surface area contributed by atoms with E-state index in [9.17, 15) is 5.26 Å². The van der Waals surface area contributed by atoms with Crippen LogP contribution in [0.25, 0.3) is 0 Å². The van der Waals surface area contributed by atoms with Gasteiger partial charge in [-0.15, -0.1) is 0 Å². The second kappa shape index (κ2) is 5.46. The molecule has 1 aliphatic carbocycles. The zero-order chi connectivity index (χ0) is 14.1. The van der Waals surface area contributed by atoms with Gasteiger partial charge in [0, 0.05) is 9.50 Å². The van der Waals surface area contributed by atoms with Gasteiger partial charge in [0.15, 0.2) is 0 Å². The van der Waals surface area contributed by atoms with Gasteiger partial charge in [0.1, 0.15) is 0 Å². The van der Waals surface area contributed by atoms with Crippen molar-refractivity contribution in [2.24, 2.45) is 10.8 Å². The van der Waals surface area contributed by atoms with Crippen molar-refractivity contribution in [2.45, 2.75) is 46.0 Å². The van der Waals surface area contributed by atoms with Crippen molar-refractivity contribution in [3.05, 3.63) is 33.3 Å². The first kappa shape index (κ1) is 14.9. The predicted molar refractivity (Wildman–Crippen MR) is 83.2 cm³/mol. The zero-order valence-corrected chi connectivity index (χ0v) is 13.8. The van der Waals surface area contributed by atoms with Crippen molar-refractivity contribution in [1.82, 2.24) is 0 Å². The molecule has 0 radical (unpaired) electrons. The molecular formula is C16H19BrClN. The van der Waals surface area contributed by atoms with Crippen LogP contribution in [0.3, 0.4) is 0 Å². The molecule has 1 saturated carbocycles. The molecule has 0 N–H and O–H groups in total. The van der Waals surface area contributed by atoms with E-state index in [1.165, 1.54) is 0 Å². The maximum atomic E-state index is 9.62. The Hall–Kier alpha value is -0.520. The molecule has 102 valence electrons. The lowest BCUT2D eigenvalue weighted by atomic mass is 9.64. The Kier molecular flexibility index (Phi) is 4.28. The number of hydrogen-bond donors (Lipinski definition) is 0. The van der Waals surface area contributed by atoms with Crippen LogP contribution >= 0.6 is 27.5 Å². The molecular weight excluding hydrogens is 322 g/mol. The van der Waals surface area contributed by atoms with Crippen molar-refractivity contribution >= 4 is 27.5 Å². The van der Waals surface area contributed by atoms with Crippen LogP contribution in [0.4, 0.5) is 0 Å². The van der Waals surface area contributed by atoms with Crippen LogP contribution in [0, 0.1) is 22.2 Å². The lowest BCUT2D eigenvalue weighted by molar-refractivity contribution is 0.146. The zero-order valence-electron chi connectivity index (χ0n) is 11.5. The Morgan fingerprint density at radius 2 is 1.89 bits per heavy atom. The highest BCUT2D eigenvalue weighted by atomic mass is 79.9. The molecule has 19 heavy (non-hydrogen) atoms. The first-order valence-corrected chi connectivity index (χ1v) is 7.88. The maximum Gasteiger partial charge on any atom is 0.0693 e. The first-order chi connectivity index (χ1) is 8.86. The fourth-order valence-corrected chi connectivity index (χ4v) is 3.50. The molecule has 0 aliphatic heterocycles. The highest BCUT2D eigenvalue weighted by molar-refractivity contribution is 9.10. The van der Waals surface area contributed by atoms with Gasteiger partial charge in [-0.25, -0.2) is 0 Å². The topological polar surface area (TPSA) is 23.8 Å². The van der Waals surface area contributed by atoms with Crippen LogP contribution in [0.15, 0.2) is 22.7 Å². The van der Waals surface area contributed by atoms with E-state index in [4.69, 9.17) is 11.6 Å². The minimum Gasteiger partial charge on any atom is -0.198 e. The normalized spacial score (nSPS) is 20.8. The average Bonchev–Trinajstić information content (AvgIpc) is 2.36. The van der Waals surface area contributed by atoms with Crippen LogP contribution in [-0.4, -0.2) is 0 Å². The first-order valence-electron chi connectivity index (χ1n) is 6.71. The number of benzene rings is 1. The smallest absolute Gasteiger partial charge is 0.0693 e. The van der Waals surface area contributed by atoms with E-state index in [1.807, 2.05) is 18.2 Å². The molecule has 0 heterocycles. The predicted octanol–water partition coefficient (Wildman–Crippen LogP) is 5.76. The summed E-state index contributed by atoms with van der Waals surface area (Å²) in [5.41, 5.74) is 1.24. The van der Waals surface area contributed by atoms with Gasteiger partial charge in [-0.05, 0) is 55.2 Å². The molecule has 0 atom stereocenters. The van der Waals surface area contributed by atoms with Gasteiger partial charge in [0.05, 0.1) is 11.5 Å². The van der Waals surface area contributed by atoms with E-state index < -0.39 is 0 Å². The average molecular weight is 341 g/mol. The molecule has 2 rings (SSSR count).